The van der Waals surface area contributed by atoms with E-state index in [0.717, 1.165) is 11.5 Å². The molecule has 1 aliphatic heterocycles. The molecule has 0 aromatic carbocycles. The van der Waals surface area contributed by atoms with Crippen LogP contribution in [0.25, 0.3) is 0 Å². The molecule has 1 atom stereocenters. The van der Waals surface area contributed by atoms with Crippen LogP contribution in [-0.4, -0.2) is 72.3 Å². The lowest BCUT2D eigenvalue weighted by molar-refractivity contribution is -0.132. The SMILES string of the molecule is C=CCON=C(C(=O)OC)c1nsc(N(OCC)[PH](=O)N2CCOCC2)n1. The number of rotatable bonds is 10. The number of esters is 1. The van der Waals surface area contributed by atoms with Gasteiger partial charge in [0.05, 0.1) is 26.9 Å². The van der Waals surface area contributed by atoms with Crippen LogP contribution in [-0.2, 0) is 28.5 Å². The van der Waals surface area contributed by atoms with E-state index in [4.69, 9.17) is 14.4 Å². The predicted molar refractivity (Wildman–Crippen MR) is 100 cm³/mol. The summed E-state index contributed by atoms with van der Waals surface area (Å²) in [6.07, 6.45) is 1.48. The Kier molecular flexibility index (Phi) is 8.82. The van der Waals surface area contributed by atoms with E-state index < -0.39 is 14.1 Å². The fourth-order valence-electron chi connectivity index (χ4n) is 2.02. The molecular weight excluding hydrogens is 397 g/mol. The van der Waals surface area contributed by atoms with E-state index in [9.17, 15) is 9.36 Å². The number of aromatic nitrogens is 2. The van der Waals surface area contributed by atoms with Crippen LogP contribution in [0.2, 0.25) is 0 Å². The van der Waals surface area contributed by atoms with Crippen molar-refractivity contribution < 1.29 is 28.5 Å². The number of oxime groups is 1. The number of nitrogens with zero attached hydrogens (tertiary/aromatic N) is 5. The Morgan fingerprint density at radius 1 is 1.52 bits per heavy atom. The number of morpholine rings is 1. The molecule has 0 saturated carbocycles. The number of carbonyl (C=O) groups excluding carboxylic acids is 1. The summed E-state index contributed by atoms with van der Waals surface area (Å²) in [6, 6.07) is 0. The monoisotopic (exact) mass is 419 g/mol. The number of ether oxygens (including phenoxy) is 2. The summed E-state index contributed by atoms with van der Waals surface area (Å²) in [5, 5.41) is 3.94. The Balaban J connectivity index is 2.24. The molecule has 1 aliphatic rings. The Bertz CT molecular complexity index is 693. The topological polar surface area (TPSA) is 116 Å². The van der Waals surface area contributed by atoms with Gasteiger partial charge in [-0.25, -0.2) is 9.46 Å². The van der Waals surface area contributed by atoms with Gasteiger partial charge in [0.1, 0.15) is 6.61 Å². The van der Waals surface area contributed by atoms with Gasteiger partial charge in [0.15, 0.2) is 0 Å². The second kappa shape index (κ2) is 11.1. The largest absolute Gasteiger partial charge is 0.464 e. The van der Waals surface area contributed by atoms with Crippen molar-refractivity contribution in [2.45, 2.75) is 6.92 Å². The molecule has 0 spiro atoms. The van der Waals surface area contributed by atoms with Gasteiger partial charge in [0, 0.05) is 24.6 Å². The zero-order valence-electron chi connectivity index (χ0n) is 15.1. The second-order valence-electron chi connectivity index (χ2n) is 5.01. The first-order chi connectivity index (χ1) is 13.1. The average Bonchev–Trinajstić information content (AvgIpc) is 3.18. The Hall–Kier alpha value is -1.85. The van der Waals surface area contributed by atoms with Crippen LogP contribution in [0.15, 0.2) is 17.8 Å². The molecule has 27 heavy (non-hydrogen) atoms. The first-order valence-corrected chi connectivity index (χ1v) is 10.2. The van der Waals surface area contributed by atoms with E-state index in [1.807, 2.05) is 0 Å². The third-order valence-corrected chi connectivity index (χ3v) is 5.76. The third-order valence-electron chi connectivity index (χ3n) is 3.24. The summed E-state index contributed by atoms with van der Waals surface area (Å²) in [4.78, 5) is 27.9. The van der Waals surface area contributed by atoms with Gasteiger partial charge in [0.25, 0.3) is 8.10 Å². The lowest BCUT2D eigenvalue weighted by atomic mass is 10.4. The highest BCUT2D eigenvalue weighted by Gasteiger charge is 2.28. The first kappa shape index (κ1) is 21.5. The van der Waals surface area contributed by atoms with Crippen molar-refractivity contribution in [3.8, 4) is 0 Å². The summed E-state index contributed by atoms with van der Waals surface area (Å²) in [5.41, 5.74) is -0.204. The number of carbonyl (C=O) groups is 1. The lowest BCUT2D eigenvalue weighted by Gasteiger charge is -2.30. The molecule has 2 rings (SSSR count). The molecule has 2 heterocycles. The number of hydrogen-bond donors (Lipinski definition) is 0. The molecule has 1 saturated heterocycles. The molecule has 1 aromatic heterocycles. The van der Waals surface area contributed by atoms with Gasteiger partial charge in [-0.3, -0.25) is 9.40 Å². The van der Waals surface area contributed by atoms with E-state index in [0.29, 0.717) is 26.3 Å². The molecule has 1 aromatic rings. The maximum absolute atomic E-state index is 12.9. The quantitative estimate of drug-likeness (QED) is 0.136. The molecule has 0 radical (unpaired) electrons. The van der Waals surface area contributed by atoms with Gasteiger partial charge >= 0.3 is 5.97 Å². The zero-order valence-corrected chi connectivity index (χ0v) is 16.9. The molecule has 0 bridgehead atoms. The summed E-state index contributed by atoms with van der Waals surface area (Å²) >= 11 is 0.928. The van der Waals surface area contributed by atoms with E-state index in [1.54, 1.807) is 11.6 Å². The number of methoxy groups -OCH3 is 1. The molecule has 1 unspecified atom stereocenters. The number of anilines is 1. The van der Waals surface area contributed by atoms with E-state index in [1.165, 1.54) is 18.0 Å². The summed E-state index contributed by atoms with van der Waals surface area (Å²) < 4.78 is 28.7. The molecule has 13 heteroatoms. The fraction of sp³-hybridized carbons (Fsp3) is 0.571. The molecule has 0 amide bonds. The third kappa shape index (κ3) is 5.81. The maximum Gasteiger partial charge on any atom is 0.364 e. The van der Waals surface area contributed by atoms with Gasteiger partial charge in [-0.1, -0.05) is 17.8 Å². The highest BCUT2D eigenvalue weighted by Crippen LogP contribution is 2.38. The van der Waals surface area contributed by atoms with Crippen molar-refractivity contribution in [1.82, 2.24) is 14.0 Å². The highest BCUT2D eigenvalue weighted by atomic mass is 32.1. The minimum absolute atomic E-state index is 0.00704. The second-order valence-corrected chi connectivity index (χ2v) is 7.34. The van der Waals surface area contributed by atoms with Crippen LogP contribution in [0.1, 0.15) is 12.7 Å². The Morgan fingerprint density at radius 2 is 2.26 bits per heavy atom. The standard InChI is InChI=1S/C14H22N5O6PS/c1-4-8-24-16-11(13(20)22-3)12-15-14(27-17-12)19(25-5-2)26(21)18-6-9-23-10-7-18/h4,26H,1,5-10H2,2-3H3. The summed E-state index contributed by atoms with van der Waals surface area (Å²) in [6.45, 7) is 7.71. The minimum Gasteiger partial charge on any atom is -0.464 e. The van der Waals surface area contributed by atoms with Crippen molar-refractivity contribution in [2.24, 2.45) is 5.16 Å². The van der Waals surface area contributed by atoms with Crippen LogP contribution in [0, 0.1) is 0 Å². The van der Waals surface area contributed by atoms with Crippen molar-refractivity contribution in [1.29, 1.82) is 0 Å². The normalized spacial score (nSPS) is 16.6. The van der Waals surface area contributed by atoms with Gasteiger partial charge in [-0.15, -0.1) is 0 Å². The van der Waals surface area contributed by atoms with E-state index >= 15 is 0 Å². The van der Waals surface area contributed by atoms with Crippen molar-refractivity contribution >= 4 is 36.4 Å². The van der Waals surface area contributed by atoms with Gasteiger partial charge in [0.2, 0.25) is 16.7 Å². The zero-order chi connectivity index (χ0) is 19.6. The van der Waals surface area contributed by atoms with Gasteiger partial charge < -0.3 is 14.3 Å². The highest BCUT2D eigenvalue weighted by molar-refractivity contribution is 7.44. The van der Waals surface area contributed by atoms with E-state index in [2.05, 4.69) is 25.8 Å². The maximum atomic E-state index is 12.9. The van der Waals surface area contributed by atoms with Crippen molar-refractivity contribution in [3.63, 3.8) is 0 Å². The minimum atomic E-state index is -2.48. The van der Waals surface area contributed by atoms with Crippen LogP contribution in [0.3, 0.4) is 0 Å². The fourth-order valence-corrected chi connectivity index (χ4v) is 4.20. The Labute approximate surface area is 161 Å². The van der Waals surface area contributed by atoms with Crippen molar-refractivity contribution in [3.05, 3.63) is 18.5 Å². The molecule has 1 fully saturated rings. The summed E-state index contributed by atoms with van der Waals surface area (Å²) in [7, 11) is -1.27. The molecular formula is C14H22N5O6PS. The van der Waals surface area contributed by atoms with Crippen LogP contribution < -0.4 is 4.83 Å². The molecule has 0 N–H and O–H groups in total. The van der Waals surface area contributed by atoms with Gasteiger partial charge in [-0.2, -0.15) is 14.2 Å². The number of hydrogen-bond acceptors (Lipinski definition) is 10. The average molecular weight is 419 g/mol. The first-order valence-electron chi connectivity index (χ1n) is 8.15. The van der Waals surface area contributed by atoms with Crippen LogP contribution in [0.4, 0.5) is 5.13 Å². The predicted octanol–water partition coefficient (Wildman–Crippen LogP) is 1.10. The molecule has 150 valence electrons. The smallest absolute Gasteiger partial charge is 0.364 e. The lowest BCUT2D eigenvalue weighted by Crippen LogP contribution is -2.35. The van der Waals surface area contributed by atoms with Gasteiger partial charge in [-0.05, 0) is 6.92 Å². The van der Waals surface area contributed by atoms with Crippen LogP contribution >= 0.6 is 19.6 Å². The molecule has 11 nitrogen and oxygen atoms in total. The van der Waals surface area contributed by atoms with E-state index in [-0.39, 0.29) is 29.9 Å². The Morgan fingerprint density at radius 3 is 2.89 bits per heavy atom. The van der Waals surface area contributed by atoms with Crippen LogP contribution in [0.5, 0.6) is 0 Å². The summed E-state index contributed by atoms with van der Waals surface area (Å²) in [5.74, 6) is -0.764. The molecule has 0 aliphatic carbocycles. The van der Waals surface area contributed by atoms with Crippen molar-refractivity contribution in [2.75, 3.05) is 51.5 Å².